The highest BCUT2D eigenvalue weighted by Gasteiger charge is 2.10. The maximum atomic E-state index is 10.5. The average Bonchev–Trinajstić information content (AvgIpc) is 2.47. The summed E-state index contributed by atoms with van der Waals surface area (Å²) in [5.74, 6) is -2.09. The molecule has 6 heteroatoms. The topological polar surface area (TPSA) is 92.4 Å². The zero-order valence-corrected chi connectivity index (χ0v) is 6.67. The van der Waals surface area contributed by atoms with Crippen molar-refractivity contribution >= 4 is 11.9 Å². The van der Waals surface area contributed by atoms with Crippen LogP contribution in [0.15, 0.2) is 12.3 Å². The van der Waals surface area contributed by atoms with E-state index >= 15 is 0 Å². The van der Waals surface area contributed by atoms with Gasteiger partial charge in [0.25, 0.3) is 0 Å². The Labute approximate surface area is 73.4 Å². The van der Waals surface area contributed by atoms with E-state index in [0.717, 1.165) is 4.68 Å². The molecule has 0 bridgehead atoms. The second-order valence-corrected chi connectivity index (χ2v) is 2.39. The molecular weight excluding hydrogens is 176 g/mol. The molecule has 1 aromatic rings. The Kier molecular flexibility index (Phi) is 2.63. The van der Waals surface area contributed by atoms with Crippen molar-refractivity contribution in [3.8, 4) is 0 Å². The largest absolute Gasteiger partial charge is 0.481 e. The zero-order chi connectivity index (χ0) is 9.84. The summed E-state index contributed by atoms with van der Waals surface area (Å²) in [6, 6.07) is 1.32. The lowest BCUT2D eigenvalue weighted by atomic mass is 10.4. The fraction of sp³-hybridized carbons (Fsp3) is 0.286. The van der Waals surface area contributed by atoms with Crippen LogP contribution in [-0.4, -0.2) is 31.9 Å². The first-order valence-corrected chi connectivity index (χ1v) is 3.58. The van der Waals surface area contributed by atoms with E-state index in [-0.39, 0.29) is 18.7 Å². The van der Waals surface area contributed by atoms with Crippen LogP contribution in [0, 0.1) is 0 Å². The third kappa shape index (κ3) is 2.29. The lowest BCUT2D eigenvalue weighted by molar-refractivity contribution is -0.137. The van der Waals surface area contributed by atoms with E-state index in [0.29, 0.717) is 0 Å². The summed E-state index contributed by atoms with van der Waals surface area (Å²) in [5.41, 5.74) is 0.00116. The summed E-state index contributed by atoms with van der Waals surface area (Å²) in [6.07, 6.45) is 1.19. The van der Waals surface area contributed by atoms with Gasteiger partial charge in [-0.15, -0.1) is 0 Å². The van der Waals surface area contributed by atoms with Crippen molar-refractivity contribution in [3.05, 3.63) is 18.0 Å². The summed E-state index contributed by atoms with van der Waals surface area (Å²) >= 11 is 0. The molecule has 0 spiro atoms. The number of carboxylic acid groups (broad SMARTS) is 2. The van der Waals surface area contributed by atoms with E-state index in [1.807, 2.05) is 0 Å². The maximum Gasteiger partial charge on any atom is 0.354 e. The van der Waals surface area contributed by atoms with Crippen molar-refractivity contribution in [1.29, 1.82) is 0 Å². The molecule has 0 radical (unpaired) electrons. The van der Waals surface area contributed by atoms with E-state index in [1.165, 1.54) is 12.3 Å². The van der Waals surface area contributed by atoms with Gasteiger partial charge in [-0.05, 0) is 6.07 Å². The number of aliphatic carboxylic acids is 1. The quantitative estimate of drug-likeness (QED) is 0.690. The minimum atomic E-state index is -1.11. The van der Waals surface area contributed by atoms with Gasteiger partial charge in [-0.3, -0.25) is 9.48 Å². The van der Waals surface area contributed by atoms with Gasteiger partial charge in [-0.2, -0.15) is 5.10 Å². The Morgan fingerprint density at radius 2 is 2.15 bits per heavy atom. The third-order valence-corrected chi connectivity index (χ3v) is 1.47. The van der Waals surface area contributed by atoms with Crippen molar-refractivity contribution in [2.45, 2.75) is 13.0 Å². The molecule has 0 unspecified atom stereocenters. The van der Waals surface area contributed by atoms with Crippen LogP contribution in [0.4, 0.5) is 0 Å². The highest BCUT2D eigenvalue weighted by atomic mass is 16.4. The van der Waals surface area contributed by atoms with Crippen molar-refractivity contribution in [3.63, 3.8) is 0 Å². The van der Waals surface area contributed by atoms with Crippen LogP contribution >= 0.6 is 0 Å². The summed E-state index contributed by atoms with van der Waals surface area (Å²) in [7, 11) is 0. The number of aryl methyl sites for hydroxylation is 1. The second-order valence-electron chi connectivity index (χ2n) is 2.39. The van der Waals surface area contributed by atoms with Crippen LogP contribution in [0.1, 0.15) is 16.9 Å². The third-order valence-electron chi connectivity index (χ3n) is 1.47. The number of hydrogen-bond donors (Lipinski definition) is 2. The molecule has 0 saturated carbocycles. The minimum absolute atomic E-state index is 0.00116. The van der Waals surface area contributed by atoms with Crippen LogP contribution in [0.3, 0.4) is 0 Å². The maximum absolute atomic E-state index is 10.5. The summed E-state index contributed by atoms with van der Waals surface area (Å²) in [4.78, 5) is 20.7. The first-order chi connectivity index (χ1) is 6.11. The fourth-order valence-corrected chi connectivity index (χ4v) is 0.894. The van der Waals surface area contributed by atoms with Crippen LogP contribution in [0.25, 0.3) is 0 Å². The Morgan fingerprint density at radius 1 is 1.46 bits per heavy atom. The number of aromatic carboxylic acids is 1. The van der Waals surface area contributed by atoms with Gasteiger partial charge in [0.2, 0.25) is 0 Å². The Balaban J connectivity index is 2.71. The van der Waals surface area contributed by atoms with Crippen molar-refractivity contribution in [1.82, 2.24) is 9.78 Å². The highest BCUT2D eigenvalue weighted by Crippen LogP contribution is 1.99. The van der Waals surface area contributed by atoms with Gasteiger partial charge in [-0.25, -0.2) is 4.79 Å². The molecule has 0 atom stereocenters. The molecule has 70 valence electrons. The van der Waals surface area contributed by atoms with Gasteiger partial charge in [0.1, 0.15) is 5.69 Å². The van der Waals surface area contributed by atoms with Gasteiger partial charge < -0.3 is 10.2 Å². The van der Waals surface area contributed by atoms with Crippen molar-refractivity contribution in [2.24, 2.45) is 0 Å². The number of carbonyl (C=O) groups is 2. The number of carboxylic acids is 2. The molecule has 2 N–H and O–H groups in total. The lowest BCUT2D eigenvalue weighted by Gasteiger charge is -2.00. The first-order valence-electron chi connectivity index (χ1n) is 3.58. The van der Waals surface area contributed by atoms with Gasteiger partial charge in [-0.1, -0.05) is 0 Å². The van der Waals surface area contributed by atoms with Gasteiger partial charge in [0.15, 0.2) is 0 Å². The van der Waals surface area contributed by atoms with Crippen molar-refractivity contribution < 1.29 is 19.8 Å². The Bertz CT molecular complexity index is 331. The van der Waals surface area contributed by atoms with E-state index in [1.54, 1.807) is 0 Å². The number of aromatic nitrogens is 2. The van der Waals surface area contributed by atoms with Gasteiger partial charge in [0.05, 0.1) is 13.0 Å². The summed E-state index contributed by atoms with van der Waals surface area (Å²) in [6.45, 7) is 0.0734. The van der Waals surface area contributed by atoms with E-state index < -0.39 is 11.9 Å². The molecule has 0 aromatic carbocycles. The molecular formula is C7H8N2O4. The van der Waals surface area contributed by atoms with E-state index in [9.17, 15) is 9.59 Å². The number of nitrogens with zero attached hydrogens (tertiary/aromatic N) is 2. The molecule has 0 aliphatic heterocycles. The second kappa shape index (κ2) is 3.70. The highest BCUT2D eigenvalue weighted by molar-refractivity contribution is 5.85. The van der Waals surface area contributed by atoms with Crippen LogP contribution in [0.2, 0.25) is 0 Å². The van der Waals surface area contributed by atoms with Crippen LogP contribution in [0.5, 0.6) is 0 Å². The van der Waals surface area contributed by atoms with Gasteiger partial charge >= 0.3 is 11.9 Å². The molecule has 13 heavy (non-hydrogen) atoms. The molecule has 0 aliphatic rings. The normalized spacial score (nSPS) is 9.85. The van der Waals surface area contributed by atoms with Gasteiger partial charge in [0, 0.05) is 6.20 Å². The van der Waals surface area contributed by atoms with E-state index in [2.05, 4.69) is 5.10 Å². The summed E-state index contributed by atoms with van der Waals surface area (Å²) < 4.78 is 1.15. The lowest BCUT2D eigenvalue weighted by Crippen LogP contribution is -2.12. The standard InChI is InChI=1S/C7H8N2O4/c10-6(11)2-4-9-5(7(12)13)1-3-8-9/h1,3H,2,4H2,(H,10,11)(H,12,13). The molecule has 1 rings (SSSR count). The molecule has 6 nitrogen and oxygen atoms in total. The first kappa shape index (κ1) is 9.24. The monoisotopic (exact) mass is 184 g/mol. The van der Waals surface area contributed by atoms with Crippen LogP contribution in [-0.2, 0) is 11.3 Å². The Hall–Kier alpha value is -1.85. The predicted octanol–water partition coefficient (Wildman–Crippen LogP) is 0.0560. The Morgan fingerprint density at radius 3 is 2.69 bits per heavy atom. The molecule has 0 saturated heterocycles. The number of hydrogen-bond acceptors (Lipinski definition) is 3. The average molecular weight is 184 g/mol. The fourth-order valence-electron chi connectivity index (χ4n) is 0.894. The zero-order valence-electron chi connectivity index (χ0n) is 6.67. The SMILES string of the molecule is O=C(O)CCn1nccc1C(=O)O. The molecule has 1 heterocycles. The molecule has 0 aliphatic carbocycles. The molecule has 0 fully saturated rings. The smallest absolute Gasteiger partial charge is 0.354 e. The predicted molar refractivity (Wildman–Crippen MR) is 41.4 cm³/mol. The minimum Gasteiger partial charge on any atom is -0.481 e. The molecule has 0 amide bonds. The number of rotatable bonds is 4. The van der Waals surface area contributed by atoms with Crippen molar-refractivity contribution in [2.75, 3.05) is 0 Å². The summed E-state index contributed by atoms with van der Waals surface area (Å²) in [5, 5.41) is 20.6. The van der Waals surface area contributed by atoms with Crippen LogP contribution < -0.4 is 0 Å². The van der Waals surface area contributed by atoms with E-state index in [4.69, 9.17) is 10.2 Å². The molecule has 1 aromatic heterocycles.